The van der Waals surface area contributed by atoms with Crippen molar-refractivity contribution >= 4 is 34.4 Å². The number of nitrogens with zero attached hydrogens (tertiary/aromatic N) is 3. The first-order chi connectivity index (χ1) is 11.7. The second kappa shape index (κ2) is 6.49. The molecule has 0 atom stereocenters. The van der Waals surface area contributed by atoms with Gasteiger partial charge >= 0.3 is 0 Å². The molecule has 1 fully saturated rings. The van der Waals surface area contributed by atoms with Gasteiger partial charge in [0.25, 0.3) is 0 Å². The Kier molecular flexibility index (Phi) is 4.20. The van der Waals surface area contributed by atoms with Crippen LogP contribution in [0.5, 0.6) is 0 Å². The van der Waals surface area contributed by atoms with Crippen molar-refractivity contribution < 1.29 is 4.79 Å². The fourth-order valence-electron chi connectivity index (χ4n) is 3.05. The summed E-state index contributed by atoms with van der Waals surface area (Å²) in [5, 5.41) is 12.4. The van der Waals surface area contributed by atoms with Crippen LogP contribution in [-0.4, -0.2) is 20.7 Å². The van der Waals surface area contributed by atoms with Gasteiger partial charge in [-0.1, -0.05) is 18.9 Å². The molecule has 1 amide bonds. The van der Waals surface area contributed by atoms with Crippen LogP contribution in [0.1, 0.15) is 31.4 Å². The second-order valence-corrected chi connectivity index (χ2v) is 7.83. The minimum absolute atomic E-state index is 0.101. The molecule has 0 unspecified atom stereocenters. The molecule has 3 aromatic heterocycles. The van der Waals surface area contributed by atoms with E-state index < -0.39 is 0 Å². The van der Waals surface area contributed by atoms with Crippen LogP contribution in [0.4, 0.5) is 5.82 Å². The van der Waals surface area contributed by atoms with Gasteiger partial charge in [0.15, 0.2) is 0 Å². The molecule has 24 heavy (non-hydrogen) atoms. The maximum atomic E-state index is 12.4. The molecule has 0 spiro atoms. The number of nitrogens with one attached hydrogen (secondary N) is 1. The van der Waals surface area contributed by atoms with Crippen molar-refractivity contribution in [2.75, 3.05) is 5.32 Å². The van der Waals surface area contributed by atoms with Gasteiger partial charge in [-0.2, -0.15) is 9.78 Å². The second-order valence-electron chi connectivity index (χ2n) is 6.05. The van der Waals surface area contributed by atoms with Crippen LogP contribution < -0.4 is 5.32 Å². The summed E-state index contributed by atoms with van der Waals surface area (Å²) in [6, 6.07) is 5.98. The van der Waals surface area contributed by atoms with Crippen molar-refractivity contribution in [2.45, 2.75) is 32.6 Å². The third kappa shape index (κ3) is 3.01. The first-order valence-electron chi connectivity index (χ1n) is 8.08. The normalized spacial score (nSPS) is 15.0. The minimum atomic E-state index is 0.101. The molecule has 0 aromatic carbocycles. The van der Waals surface area contributed by atoms with Crippen molar-refractivity contribution in [1.82, 2.24) is 14.8 Å². The largest absolute Gasteiger partial charge is 0.310 e. The Morgan fingerprint density at radius 3 is 2.92 bits per heavy atom. The van der Waals surface area contributed by atoms with Crippen LogP contribution in [0.3, 0.4) is 0 Å². The molecule has 1 N–H and O–H groups in total. The first-order valence-corrected chi connectivity index (χ1v) is 9.84. The molecular formula is C17H18N4OS2. The zero-order chi connectivity index (χ0) is 16.5. The molecule has 1 saturated carbocycles. The highest BCUT2D eigenvalue weighted by Gasteiger charge is 2.24. The van der Waals surface area contributed by atoms with E-state index in [-0.39, 0.29) is 11.8 Å². The standard InChI is InChI=1S/C17H18N4OS2/c1-11-9-15(19-16(22)12-5-2-3-6-12)21(20-11)17-18-13(10-24-17)14-7-4-8-23-14/h4,7-10,12H,2-3,5-6H2,1H3,(H,19,22). The summed E-state index contributed by atoms with van der Waals surface area (Å²) in [5.74, 6) is 0.937. The molecule has 1 aliphatic rings. The lowest BCUT2D eigenvalue weighted by atomic mass is 10.1. The van der Waals surface area contributed by atoms with E-state index in [9.17, 15) is 4.79 Å². The molecule has 0 saturated heterocycles. The quantitative estimate of drug-likeness (QED) is 0.747. The number of rotatable bonds is 4. The number of amides is 1. The van der Waals surface area contributed by atoms with E-state index in [0.29, 0.717) is 5.82 Å². The number of carbonyl (C=O) groups is 1. The van der Waals surface area contributed by atoms with E-state index in [4.69, 9.17) is 0 Å². The smallest absolute Gasteiger partial charge is 0.228 e. The first kappa shape index (κ1) is 15.5. The zero-order valence-corrected chi connectivity index (χ0v) is 15.0. The lowest BCUT2D eigenvalue weighted by Gasteiger charge is -2.10. The van der Waals surface area contributed by atoms with Crippen LogP contribution in [0, 0.1) is 12.8 Å². The van der Waals surface area contributed by atoms with Gasteiger partial charge in [0, 0.05) is 17.4 Å². The van der Waals surface area contributed by atoms with Crippen LogP contribution in [0.25, 0.3) is 15.7 Å². The van der Waals surface area contributed by atoms with Gasteiger partial charge in [0.2, 0.25) is 11.0 Å². The van der Waals surface area contributed by atoms with Crippen molar-refractivity contribution in [3.8, 4) is 15.7 Å². The van der Waals surface area contributed by atoms with Crippen LogP contribution in [0.2, 0.25) is 0 Å². The van der Waals surface area contributed by atoms with E-state index in [1.165, 1.54) is 11.3 Å². The van der Waals surface area contributed by atoms with Crippen molar-refractivity contribution in [3.05, 3.63) is 34.7 Å². The number of aromatic nitrogens is 3. The average molecular weight is 358 g/mol. The number of hydrogen-bond donors (Lipinski definition) is 1. The van der Waals surface area contributed by atoms with Crippen molar-refractivity contribution in [2.24, 2.45) is 5.92 Å². The number of anilines is 1. The van der Waals surface area contributed by atoms with E-state index in [1.807, 2.05) is 29.8 Å². The topological polar surface area (TPSA) is 59.8 Å². The Balaban J connectivity index is 1.60. The molecule has 3 heterocycles. The summed E-state index contributed by atoms with van der Waals surface area (Å²) in [4.78, 5) is 18.2. The fourth-order valence-corrected chi connectivity index (χ4v) is 4.60. The fraction of sp³-hybridized carbons (Fsp3) is 0.353. The average Bonchev–Trinajstić information content (AvgIpc) is 3.35. The van der Waals surface area contributed by atoms with Gasteiger partial charge in [-0.3, -0.25) is 4.79 Å². The Bertz CT molecular complexity index is 844. The van der Waals surface area contributed by atoms with E-state index in [2.05, 4.69) is 21.5 Å². The van der Waals surface area contributed by atoms with Crippen LogP contribution in [0.15, 0.2) is 29.0 Å². The molecule has 7 heteroatoms. The highest BCUT2D eigenvalue weighted by atomic mass is 32.1. The predicted molar refractivity (Wildman–Crippen MR) is 97.9 cm³/mol. The van der Waals surface area contributed by atoms with Crippen LogP contribution >= 0.6 is 22.7 Å². The van der Waals surface area contributed by atoms with E-state index >= 15 is 0 Å². The van der Waals surface area contributed by atoms with Gasteiger partial charge in [-0.15, -0.1) is 22.7 Å². The van der Waals surface area contributed by atoms with Gasteiger partial charge in [0.1, 0.15) is 5.82 Å². The number of aryl methyl sites for hydroxylation is 1. The maximum absolute atomic E-state index is 12.4. The molecule has 3 aromatic rings. The number of hydrogen-bond acceptors (Lipinski definition) is 5. The maximum Gasteiger partial charge on any atom is 0.228 e. The molecule has 5 nitrogen and oxygen atoms in total. The summed E-state index contributed by atoms with van der Waals surface area (Å²) in [5.41, 5.74) is 1.82. The zero-order valence-electron chi connectivity index (χ0n) is 13.4. The molecular weight excluding hydrogens is 340 g/mol. The van der Waals surface area contributed by atoms with Gasteiger partial charge in [-0.05, 0) is 31.2 Å². The third-order valence-electron chi connectivity index (χ3n) is 4.26. The summed E-state index contributed by atoms with van der Waals surface area (Å²) in [6.07, 6.45) is 4.26. The summed E-state index contributed by atoms with van der Waals surface area (Å²) < 4.78 is 1.74. The third-order valence-corrected chi connectivity index (χ3v) is 5.96. The summed E-state index contributed by atoms with van der Waals surface area (Å²) >= 11 is 3.20. The SMILES string of the molecule is Cc1cc(NC(=O)C2CCCC2)n(-c2nc(-c3cccs3)cs2)n1. The molecule has 124 valence electrons. The Morgan fingerprint density at radius 1 is 1.33 bits per heavy atom. The molecule has 1 aliphatic carbocycles. The van der Waals surface area contributed by atoms with Crippen molar-refractivity contribution in [1.29, 1.82) is 0 Å². The molecule has 4 rings (SSSR count). The Morgan fingerprint density at radius 2 is 2.17 bits per heavy atom. The number of thiophene rings is 1. The Labute approximate surface area is 148 Å². The molecule has 0 bridgehead atoms. The monoisotopic (exact) mass is 358 g/mol. The number of carbonyl (C=O) groups excluding carboxylic acids is 1. The van der Waals surface area contributed by atoms with Crippen molar-refractivity contribution in [3.63, 3.8) is 0 Å². The van der Waals surface area contributed by atoms with Gasteiger partial charge in [-0.25, -0.2) is 4.98 Å². The lowest BCUT2D eigenvalue weighted by Crippen LogP contribution is -2.22. The van der Waals surface area contributed by atoms with E-state index in [1.54, 1.807) is 16.0 Å². The molecule has 0 aliphatic heterocycles. The minimum Gasteiger partial charge on any atom is -0.310 e. The summed E-state index contributed by atoms with van der Waals surface area (Å²) in [7, 11) is 0. The lowest BCUT2D eigenvalue weighted by molar-refractivity contribution is -0.119. The molecule has 0 radical (unpaired) electrons. The van der Waals surface area contributed by atoms with Gasteiger partial charge < -0.3 is 5.32 Å². The predicted octanol–water partition coefficient (Wildman–Crippen LogP) is 4.49. The Hall–Kier alpha value is -1.99. The van der Waals surface area contributed by atoms with Gasteiger partial charge in [0.05, 0.1) is 16.3 Å². The van der Waals surface area contributed by atoms with E-state index in [0.717, 1.165) is 47.1 Å². The highest BCUT2D eigenvalue weighted by Crippen LogP contribution is 2.30. The number of thiazole rings is 1. The summed E-state index contributed by atoms with van der Waals surface area (Å²) in [6.45, 7) is 1.93. The van der Waals surface area contributed by atoms with Crippen LogP contribution in [-0.2, 0) is 4.79 Å². The highest BCUT2D eigenvalue weighted by molar-refractivity contribution is 7.15.